The normalized spacial score (nSPS) is 18.0. The van der Waals surface area contributed by atoms with E-state index in [4.69, 9.17) is 9.47 Å². The molecule has 1 rings (SSSR count). The molecule has 0 spiro atoms. The fraction of sp³-hybridized carbons (Fsp3) is 1.00. The van der Waals surface area contributed by atoms with Crippen LogP contribution in [0.2, 0.25) is 0 Å². The van der Waals surface area contributed by atoms with Crippen molar-refractivity contribution >= 4 is 0 Å². The lowest BCUT2D eigenvalue weighted by Gasteiger charge is -2.29. The number of hydrogen-bond acceptors (Lipinski definition) is 3. The predicted octanol–water partition coefficient (Wildman–Crippen LogP) is 2.76. The van der Waals surface area contributed by atoms with Crippen LogP contribution in [0.4, 0.5) is 0 Å². The molecule has 0 amide bonds. The molecule has 0 aromatic rings. The number of piperidine rings is 1. The van der Waals surface area contributed by atoms with Crippen LogP contribution < -0.4 is 0 Å². The zero-order valence-corrected chi connectivity index (χ0v) is 11.5. The standard InChI is InChI=1S/C11H23NO2.C2H6/c1-3-13-8-9-14-10-12-6-4-11(2)5-7-12;1-2/h11H,3-10H2,1-2H3;1-2H3. The van der Waals surface area contributed by atoms with Crippen LogP contribution in [-0.4, -0.2) is 44.5 Å². The van der Waals surface area contributed by atoms with Gasteiger partial charge in [0.25, 0.3) is 0 Å². The van der Waals surface area contributed by atoms with Crippen molar-refractivity contribution < 1.29 is 9.47 Å². The van der Waals surface area contributed by atoms with Gasteiger partial charge >= 0.3 is 0 Å². The molecule has 3 heteroatoms. The molecule has 0 aliphatic carbocycles. The Bertz CT molecular complexity index is 134. The lowest BCUT2D eigenvalue weighted by molar-refractivity contribution is -0.0142. The summed E-state index contributed by atoms with van der Waals surface area (Å²) in [7, 11) is 0. The quantitative estimate of drug-likeness (QED) is 0.656. The van der Waals surface area contributed by atoms with Crippen LogP contribution in [0.1, 0.15) is 40.5 Å². The molecule has 1 heterocycles. The third-order valence-electron chi connectivity index (χ3n) is 2.73. The topological polar surface area (TPSA) is 21.7 Å². The minimum absolute atomic E-state index is 0.722. The van der Waals surface area contributed by atoms with Crippen molar-refractivity contribution in [2.45, 2.75) is 40.5 Å². The smallest absolute Gasteiger partial charge is 0.0991 e. The molecular weight excluding hydrogens is 202 g/mol. The Labute approximate surface area is 101 Å². The monoisotopic (exact) mass is 231 g/mol. The van der Waals surface area contributed by atoms with Crippen LogP contribution in [0.15, 0.2) is 0 Å². The van der Waals surface area contributed by atoms with Crippen molar-refractivity contribution in [2.24, 2.45) is 5.92 Å². The Kier molecular flexibility index (Phi) is 11.3. The highest BCUT2D eigenvalue weighted by Crippen LogP contribution is 2.15. The Morgan fingerprint density at radius 1 is 1.06 bits per heavy atom. The maximum absolute atomic E-state index is 5.51. The van der Waals surface area contributed by atoms with Crippen LogP contribution in [0.25, 0.3) is 0 Å². The van der Waals surface area contributed by atoms with E-state index in [1.54, 1.807) is 0 Å². The van der Waals surface area contributed by atoms with E-state index in [1.807, 2.05) is 20.8 Å². The summed E-state index contributed by atoms with van der Waals surface area (Å²) >= 11 is 0. The average Bonchev–Trinajstić information content (AvgIpc) is 2.34. The van der Waals surface area contributed by atoms with Gasteiger partial charge in [-0.15, -0.1) is 0 Å². The molecule has 0 atom stereocenters. The highest BCUT2D eigenvalue weighted by molar-refractivity contribution is 4.66. The second-order valence-electron chi connectivity index (χ2n) is 4.03. The van der Waals surface area contributed by atoms with E-state index in [2.05, 4.69) is 11.8 Å². The van der Waals surface area contributed by atoms with Gasteiger partial charge in [-0.2, -0.15) is 0 Å². The summed E-state index contributed by atoms with van der Waals surface area (Å²) in [4.78, 5) is 2.38. The Hall–Kier alpha value is -0.120. The van der Waals surface area contributed by atoms with Gasteiger partial charge in [0, 0.05) is 19.7 Å². The number of ether oxygens (including phenoxy) is 2. The first-order chi connectivity index (χ1) is 7.83. The summed E-state index contributed by atoms with van der Waals surface area (Å²) in [6, 6.07) is 0. The van der Waals surface area contributed by atoms with Gasteiger partial charge < -0.3 is 9.47 Å². The van der Waals surface area contributed by atoms with Gasteiger partial charge in [-0.25, -0.2) is 0 Å². The largest absolute Gasteiger partial charge is 0.379 e. The SMILES string of the molecule is CC.CCOCCOCN1CCC(C)CC1. The van der Waals surface area contributed by atoms with Gasteiger partial charge in [0.15, 0.2) is 0 Å². The van der Waals surface area contributed by atoms with E-state index >= 15 is 0 Å². The van der Waals surface area contributed by atoms with E-state index in [0.29, 0.717) is 0 Å². The van der Waals surface area contributed by atoms with Crippen molar-refractivity contribution in [3.8, 4) is 0 Å². The second kappa shape index (κ2) is 11.4. The first kappa shape index (κ1) is 15.9. The summed E-state index contributed by atoms with van der Waals surface area (Å²) < 4.78 is 10.7. The van der Waals surface area contributed by atoms with E-state index in [-0.39, 0.29) is 0 Å². The van der Waals surface area contributed by atoms with Crippen molar-refractivity contribution in [2.75, 3.05) is 39.6 Å². The molecule has 1 aliphatic heterocycles. The van der Waals surface area contributed by atoms with Gasteiger partial charge in [0.1, 0.15) is 0 Å². The highest BCUT2D eigenvalue weighted by atomic mass is 16.5. The van der Waals surface area contributed by atoms with Crippen molar-refractivity contribution in [1.29, 1.82) is 0 Å². The zero-order chi connectivity index (χ0) is 12.2. The lowest BCUT2D eigenvalue weighted by atomic mass is 10.00. The summed E-state index contributed by atoms with van der Waals surface area (Å²) in [6.07, 6.45) is 2.63. The maximum atomic E-state index is 5.51. The molecular formula is C13H29NO2. The van der Waals surface area contributed by atoms with Gasteiger partial charge in [0.05, 0.1) is 19.9 Å². The average molecular weight is 231 g/mol. The molecule has 0 unspecified atom stereocenters. The summed E-state index contributed by atoms with van der Waals surface area (Å²) in [6.45, 7) is 13.7. The van der Waals surface area contributed by atoms with Crippen LogP contribution in [0.3, 0.4) is 0 Å². The van der Waals surface area contributed by atoms with Crippen LogP contribution >= 0.6 is 0 Å². The number of hydrogen-bond donors (Lipinski definition) is 0. The molecule has 3 nitrogen and oxygen atoms in total. The predicted molar refractivity (Wildman–Crippen MR) is 68.6 cm³/mol. The van der Waals surface area contributed by atoms with Crippen molar-refractivity contribution in [3.05, 3.63) is 0 Å². The van der Waals surface area contributed by atoms with Crippen molar-refractivity contribution in [3.63, 3.8) is 0 Å². The van der Waals surface area contributed by atoms with E-state index in [9.17, 15) is 0 Å². The van der Waals surface area contributed by atoms with E-state index < -0.39 is 0 Å². The molecule has 1 fully saturated rings. The molecule has 0 aromatic carbocycles. The van der Waals surface area contributed by atoms with Gasteiger partial charge in [-0.3, -0.25) is 4.90 Å². The number of likely N-dealkylation sites (tertiary alicyclic amines) is 1. The van der Waals surface area contributed by atoms with E-state index in [1.165, 1.54) is 25.9 Å². The fourth-order valence-electron chi connectivity index (χ4n) is 1.65. The Balaban J connectivity index is 0.00000106. The van der Waals surface area contributed by atoms with Crippen LogP contribution in [0.5, 0.6) is 0 Å². The molecule has 0 N–H and O–H groups in total. The Morgan fingerprint density at radius 3 is 2.19 bits per heavy atom. The Morgan fingerprint density at radius 2 is 1.62 bits per heavy atom. The highest BCUT2D eigenvalue weighted by Gasteiger charge is 2.14. The minimum Gasteiger partial charge on any atom is -0.379 e. The minimum atomic E-state index is 0.722. The third kappa shape index (κ3) is 8.08. The molecule has 1 saturated heterocycles. The summed E-state index contributed by atoms with van der Waals surface area (Å²) in [5.41, 5.74) is 0. The molecule has 98 valence electrons. The van der Waals surface area contributed by atoms with Crippen molar-refractivity contribution in [1.82, 2.24) is 4.90 Å². The molecule has 0 aromatic heterocycles. The van der Waals surface area contributed by atoms with Crippen LogP contribution in [0, 0.1) is 5.92 Å². The molecule has 0 radical (unpaired) electrons. The maximum Gasteiger partial charge on any atom is 0.0991 e. The third-order valence-corrected chi connectivity index (χ3v) is 2.73. The molecule has 0 saturated carbocycles. The summed E-state index contributed by atoms with van der Waals surface area (Å²) in [5, 5.41) is 0. The first-order valence-corrected chi connectivity index (χ1v) is 6.70. The second-order valence-corrected chi connectivity index (χ2v) is 4.03. The van der Waals surface area contributed by atoms with Gasteiger partial charge in [0.2, 0.25) is 0 Å². The molecule has 1 aliphatic rings. The van der Waals surface area contributed by atoms with Crippen LogP contribution in [-0.2, 0) is 9.47 Å². The summed E-state index contributed by atoms with van der Waals surface area (Å²) in [5.74, 6) is 0.898. The van der Waals surface area contributed by atoms with Gasteiger partial charge in [-0.1, -0.05) is 20.8 Å². The fourth-order valence-corrected chi connectivity index (χ4v) is 1.65. The molecule has 16 heavy (non-hydrogen) atoms. The lowest BCUT2D eigenvalue weighted by Crippen LogP contribution is -2.35. The van der Waals surface area contributed by atoms with E-state index in [0.717, 1.165) is 32.5 Å². The first-order valence-electron chi connectivity index (χ1n) is 6.70. The van der Waals surface area contributed by atoms with Gasteiger partial charge in [-0.05, 0) is 25.7 Å². The number of rotatable bonds is 6. The zero-order valence-electron chi connectivity index (χ0n) is 11.5. The molecule has 0 bridgehead atoms. The number of nitrogens with zero attached hydrogens (tertiary/aromatic N) is 1.